The molecule has 2 saturated heterocycles. The van der Waals surface area contributed by atoms with Crippen LogP contribution in [0.2, 0.25) is 5.02 Å². The van der Waals surface area contributed by atoms with Crippen LogP contribution in [0, 0.1) is 6.92 Å². The van der Waals surface area contributed by atoms with Crippen molar-refractivity contribution >= 4 is 40.0 Å². The first-order valence-corrected chi connectivity index (χ1v) is 13.9. The molecule has 0 spiro atoms. The zero-order valence-corrected chi connectivity index (χ0v) is 22.6. The number of hydrogen-bond donors (Lipinski definition) is 1. The fraction of sp³-hybridized carbons (Fsp3) is 0.414. The Morgan fingerprint density at radius 1 is 0.921 bits per heavy atom. The van der Waals surface area contributed by atoms with Crippen LogP contribution in [0.1, 0.15) is 25.0 Å². The lowest BCUT2D eigenvalue weighted by atomic mass is 10.1. The number of hydrogen-bond acceptors (Lipinski definition) is 7. The maximum absolute atomic E-state index is 6.09. The molecule has 0 aliphatic carbocycles. The van der Waals surface area contributed by atoms with E-state index >= 15 is 0 Å². The van der Waals surface area contributed by atoms with Gasteiger partial charge in [0, 0.05) is 47.4 Å². The molecule has 6 rings (SSSR count). The fourth-order valence-corrected chi connectivity index (χ4v) is 5.48. The smallest absolute Gasteiger partial charge is 0.228 e. The number of nitrogens with zero attached hydrogens (tertiary/aromatic N) is 6. The molecule has 2 aromatic carbocycles. The zero-order chi connectivity index (χ0) is 25.9. The molecule has 1 N–H and O–H groups in total. The van der Waals surface area contributed by atoms with Crippen LogP contribution in [0.3, 0.4) is 0 Å². The lowest BCUT2D eigenvalue weighted by molar-refractivity contribution is 0.122. The van der Waals surface area contributed by atoms with Gasteiger partial charge in [-0.25, -0.2) is 4.98 Å². The highest BCUT2D eigenvalue weighted by Gasteiger charge is 2.18. The van der Waals surface area contributed by atoms with Gasteiger partial charge in [-0.3, -0.25) is 4.68 Å². The predicted molar refractivity (Wildman–Crippen MR) is 154 cm³/mol. The first-order valence-electron chi connectivity index (χ1n) is 13.6. The number of fused-ring (bicyclic) bond motifs is 1. The summed E-state index contributed by atoms with van der Waals surface area (Å²) >= 11 is 6.09. The normalized spacial score (nSPS) is 16.4. The van der Waals surface area contributed by atoms with E-state index in [0.717, 1.165) is 66.6 Å². The second kappa shape index (κ2) is 11.3. The van der Waals surface area contributed by atoms with E-state index in [1.807, 2.05) is 30.3 Å². The molecule has 0 saturated carbocycles. The standard InChI is InChI=1S/C29H34ClN7O/c1-21-25-10-5-22(19-27(25)37(34-21)14-4-13-35-11-2-3-12-35)26-20-28(31-24-8-6-23(30)7-9-24)33-29(32-26)36-15-17-38-18-16-36/h5-10,19-20H,2-4,11-18H2,1H3,(H,31,32,33). The van der Waals surface area contributed by atoms with Gasteiger partial charge >= 0.3 is 0 Å². The molecule has 198 valence electrons. The van der Waals surface area contributed by atoms with Crippen molar-refractivity contribution in [2.45, 2.75) is 32.7 Å². The predicted octanol–water partition coefficient (Wildman–Crippen LogP) is 5.52. The lowest BCUT2D eigenvalue weighted by Gasteiger charge is -2.27. The molecule has 2 aliphatic heterocycles. The summed E-state index contributed by atoms with van der Waals surface area (Å²) in [7, 11) is 0. The largest absolute Gasteiger partial charge is 0.378 e. The summed E-state index contributed by atoms with van der Waals surface area (Å²) in [5, 5.41) is 10.2. The summed E-state index contributed by atoms with van der Waals surface area (Å²) in [4.78, 5) is 14.6. The van der Waals surface area contributed by atoms with Gasteiger partial charge in [0.1, 0.15) is 5.82 Å². The maximum atomic E-state index is 6.09. The molecule has 4 heterocycles. The second-order valence-corrected chi connectivity index (χ2v) is 10.5. The number of morpholine rings is 1. The number of ether oxygens (including phenoxy) is 1. The third-order valence-electron chi connectivity index (χ3n) is 7.40. The van der Waals surface area contributed by atoms with E-state index in [2.05, 4.69) is 44.9 Å². The van der Waals surface area contributed by atoms with E-state index in [0.29, 0.717) is 24.2 Å². The molecule has 0 unspecified atom stereocenters. The topological polar surface area (TPSA) is 71.3 Å². The van der Waals surface area contributed by atoms with Crippen molar-refractivity contribution in [3.05, 3.63) is 59.2 Å². The molecule has 2 aliphatic rings. The van der Waals surface area contributed by atoms with Gasteiger partial charge in [-0.1, -0.05) is 23.7 Å². The first-order chi connectivity index (χ1) is 18.6. The molecule has 0 radical (unpaired) electrons. The van der Waals surface area contributed by atoms with Crippen molar-refractivity contribution < 1.29 is 4.74 Å². The number of nitrogens with one attached hydrogen (secondary N) is 1. The highest BCUT2D eigenvalue weighted by molar-refractivity contribution is 6.30. The SMILES string of the molecule is Cc1nn(CCCN2CCCC2)c2cc(-c3cc(Nc4ccc(Cl)cc4)nc(N4CCOCC4)n3)ccc12. The Bertz CT molecular complexity index is 1390. The van der Waals surface area contributed by atoms with E-state index in [1.54, 1.807) is 0 Å². The average Bonchev–Trinajstić information content (AvgIpc) is 3.58. The molecule has 4 aromatic rings. The molecule has 0 atom stereocenters. The van der Waals surface area contributed by atoms with Crippen LogP contribution in [-0.2, 0) is 11.3 Å². The van der Waals surface area contributed by atoms with E-state index in [-0.39, 0.29) is 0 Å². The summed E-state index contributed by atoms with van der Waals surface area (Å²) in [5.41, 5.74) is 5.07. The first kappa shape index (κ1) is 25.1. The molecule has 2 fully saturated rings. The van der Waals surface area contributed by atoms with Crippen LogP contribution in [0.15, 0.2) is 48.5 Å². The monoisotopic (exact) mass is 531 g/mol. The Morgan fingerprint density at radius 3 is 2.50 bits per heavy atom. The minimum atomic E-state index is 0.676. The fourth-order valence-electron chi connectivity index (χ4n) is 5.35. The quantitative estimate of drug-likeness (QED) is 0.321. The van der Waals surface area contributed by atoms with E-state index in [4.69, 9.17) is 31.4 Å². The molecule has 9 heteroatoms. The van der Waals surface area contributed by atoms with Gasteiger partial charge in [0.05, 0.1) is 30.1 Å². The van der Waals surface area contributed by atoms with Crippen LogP contribution < -0.4 is 10.2 Å². The van der Waals surface area contributed by atoms with Crippen molar-refractivity contribution in [3.8, 4) is 11.3 Å². The maximum Gasteiger partial charge on any atom is 0.228 e. The van der Waals surface area contributed by atoms with Gasteiger partial charge in [0.15, 0.2) is 0 Å². The number of benzene rings is 2. The number of likely N-dealkylation sites (tertiary alicyclic amines) is 1. The van der Waals surface area contributed by atoms with Gasteiger partial charge in [-0.05, 0) is 76.2 Å². The molecular weight excluding hydrogens is 498 g/mol. The molecule has 8 nitrogen and oxygen atoms in total. The number of anilines is 3. The third-order valence-corrected chi connectivity index (χ3v) is 7.65. The Kier molecular flexibility index (Phi) is 7.44. The Labute approximate surface area is 228 Å². The number of halogens is 1. The summed E-state index contributed by atoms with van der Waals surface area (Å²) < 4.78 is 7.73. The van der Waals surface area contributed by atoms with Crippen LogP contribution in [0.5, 0.6) is 0 Å². The molecule has 2 aromatic heterocycles. The van der Waals surface area contributed by atoms with Gasteiger partial charge in [-0.15, -0.1) is 0 Å². The Morgan fingerprint density at radius 2 is 1.71 bits per heavy atom. The molecule has 38 heavy (non-hydrogen) atoms. The summed E-state index contributed by atoms with van der Waals surface area (Å²) in [6.07, 6.45) is 3.76. The van der Waals surface area contributed by atoms with Crippen molar-refractivity contribution in [2.75, 3.05) is 56.2 Å². The van der Waals surface area contributed by atoms with Crippen molar-refractivity contribution in [3.63, 3.8) is 0 Å². The number of aryl methyl sites for hydroxylation is 2. The minimum Gasteiger partial charge on any atom is -0.378 e. The Hall–Kier alpha value is -3.20. The van der Waals surface area contributed by atoms with Crippen molar-refractivity contribution in [1.82, 2.24) is 24.6 Å². The van der Waals surface area contributed by atoms with Crippen LogP contribution >= 0.6 is 11.6 Å². The molecule has 0 amide bonds. The minimum absolute atomic E-state index is 0.676. The number of rotatable bonds is 8. The van der Waals surface area contributed by atoms with Crippen LogP contribution in [0.25, 0.3) is 22.2 Å². The van der Waals surface area contributed by atoms with E-state index in [1.165, 1.54) is 31.3 Å². The average molecular weight is 532 g/mol. The van der Waals surface area contributed by atoms with Gasteiger partial charge in [0.2, 0.25) is 5.95 Å². The van der Waals surface area contributed by atoms with Gasteiger partial charge < -0.3 is 19.9 Å². The lowest BCUT2D eigenvalue weighted by Crippen LogP contribution is -2.37. The van der Waals surface area contributed by atoms with Crippen molar-refractivity contribution in [1.29, 1.82) is 0 Å². The van der Waals surface area contributed by atoms with Gasteiger partial charge in [-0.2, -0.15) is 10.1 Å². The highest BCUT2D eigenvalue weighted by Crippen LogP contribution is 2.29. The van der Waals surface area contributed by atoms with Crippen LogP contribution in [0.4, 0.5) is 17.5 Å². The number of aromatic nitrogens is 4. The Balaban J connectivity index is 1.32. The highest BCUT2D eigenvalue weighted by atomic mass is 35.5. The second-order valence-electron chi connectivity index (χ2n) is 10.1. The van der Waals surface area contributed by atoms with Crippen LogP contribution in [-0.4, -0.2) is 70.6 Å². The zero-order valence-electron chi connectivity index (χ0n) is 21.9. The van der Waals surface area contributed by atoms with Gasteiger partial charge in [0.25, 0.3) is 0 Å². The summed E-state index contributed by atoms with van der Waals surface area (Å²) in [6.45, 7) is 9.49. The molecular formula is C29H34ClN7O. The van der Waals surface area contributed by atoms with E-state index in [9.17, 15) is 0 Å². The summed E-state index contributed by atoms with van der Waals surface area (Å²) in [5.74, 6) is 1.45. The third kappa shape index (κ3) is 5.62. The molecule has 0 bridgehead atoms. The van der Waals surface area contributed by atoms with E-state index < -0.39 is 0 Å². The summed E-state index contributed by atoms with van der Waals surface area (Å²) in [6, 6.07) is 16.2. The van der Waals surface area contributed by atoms with Crippen molar-refractivity contribution in [2.24, 2.45) is 0 Å².